The predicted octanol–water partition coefficient (Wildman–Crippen LogP) is 1.68. The summed E-state index contributed by atoms with van der Waals surface area (Å²) in [6.45, 7) is 0.169. The number of hydrogen-bond donors (Lipinski definition) is 1. The van der Waals surface area contributed by atoms with E-state index in [0.29, 0.717) is 6.42 Å². The highest BCUT2D eigenvalue weighted by atomic mass is 32.1. The van der Waals surface area contributed by atoms with Gasteiger partial charge in [-0.15, -0.1) is 0 Å². The summed E-state index contributed by atoms with van der Waals surface area (Å²) in [5.41, 5.74) is 3.23. The molecule has 0 atom stereocenters. The lowest BCUT2D eigenvalue weighted by molar-refractivity contribution is 0.300. The molecule has 0 unspecified atom stereocenters. The van der Waals surface area contributed by atoms with Crippen LogP contribution in [0.4, 0.5) is 0 Å². The van der Waals surface area contributed by atoms with Crippen LogP contribution in [-0.4, -0.2) is 21.5 Å². The molecule has 2 aromatic rings. The summed E-state index contributed by atoms with van der Waals surface area (Å²) < 4.78 is 1.79. The third kappa shape index (κ3) is 1.71. The van der Waals surface area contributed by atoms with Crippen molar-refractivity contribution in [1.29, 1.82) is 0 Å². The Hall–Kier alpha value is -1.13. The Morgan fingerprint density at radius 1 is 1.57 bits per heavy atom. The minimum atomic E-state index is 0.169. The molecule has 0 saturated carbocycles. The van der Waals surface area contributed by atoms with Gasteiger partial charge in [0.05, 0.1) is 5.69 Å². The van der Waals surface area contributed by atoms with Gasteiger partial charge in [0.1, 0.15) is 0 Å². The van der Waals surface area contributed by atoms with Crippen LogP contribution in [0.15, 0.2) is 23.0 Å². The number of aromatic nitrogens is 2. The summed E-state index contributed by atoms with van der Waals surface area (Å²) in [7, 11) is 1.90. The molecule has 0 amide bonds. The van der Waals surface area contributed by atoms with Crippen molar-refractivity contribution in [3.8, 4) is 11.3 Å². The van der Waals surface area contributed by atoms with Crippen LogP contribution < -0.4 is 0 Å². The van der Waals surface area contributed by atoms with Crippen molar-refractivity contribution in [3.05, 3.63) is 28.6 Å². The van der Waals surface area contributed by atoms with Crippen LogP contribution in [0, 0.1) is 0 Å². The highest BCUT2D eigenvalue weighted by Crippen LogP contribution is 2.24. The molecule has 3 nitrogen and oxygen atoms in total. The van der Waals surface area contributed by atoms with Gasteiger partial charge in [-0.1, -0.05) is 0 Å². The van der Waals surface area contributed by atoms with Gasteiger partial charge >= 0.3 is 0 Å². The largest absolute Gasteiger partial charge is 0.396 e. The van der Waals surface area contributed by atoms with E-state index in [2.05, 4.69) is 10.5 Å². The fourth-order valence-corrected chi connectivity index (χ4v) is 2.12. The number of rotatable bonds is 3. The van der Waals surface area contributed by atoms with Gasteiger partial charge in [0, 0.05) is 36.4 Å². The van der Waals surface area contributed by atoms with Crippen LogP contribution in [0.1, 0.15) is 5.56 Å². The normalized spacial score (nSPS) is 10.7. The standard InChI is InChI=1S/C10H12N2OS/c1-12-6-8(2-4-13)10(11-12)9-3-5-14-7-9/h3,5-7,13H,2,4H2,1H3. The molecule has 14 heavy (non-hydrogen) atoms. The molecule has 0 saturated heterocycles. The third-order valence-electron chi connectivity index (χ3n) is 2.08. The molecule has 0 aliphatic carbocycles. The topological polar surface area (TPSA) is 38.0 Å². The maximum Gasteiger partial charge on any atom is 0.0964 e. The minimum Gasteiger partial charge on any atom is -0.396 e. The van der Waals surface area contributed by atoms with Crippen molar-refractivity contribution in [2.45, 2.75) is 6.42 Å². The van der Waals surface area contributed by atoms with E-state index in [0.717, 1.165) is 16.8 Å². The molecule has 2 aromatic heterocycles. The van der Waals surface area contributed by atoms with Crippen LogP contribution in [0.25, 0.3) is 11.3 Å². The number of aliphatic hydroxyl groups is 1. The van der Waals surface area contributed by atoms with Crippen molar-refractivity contribution in [1.82, 2.24) is 9.78 Å². The van der Waals surface area contributed by atoms with Crippen LogP contribution in [-0.2, 0) is 13.5 Å². The van der Waals surface area contributed by atoms with Gasteiger partial charge in [-0.05, 0) is 17.9 Å². The van der Waals surface area contributed by atoms with E-state index >= 15 is 0 Å². The van der Waals surface area contributed by atoms with Crippen LogP contribution >= 0.6 is 11.3 Å². The molecule has 2 rings (SSSR count). The first-order valence-corrected chi connectivity index (χ1v) is 5.41. The minimum absolute atomic E-state index is 0.169. The molecule has 4 heteroatoms. The number of aliphatic hydroxyl groups excluding tert-OH is 1. The van der Waals surface area contributed by atoms with Gasteiger partial charge in [-0.25, -0.2) is 0 Å². The lowest BCUT2D eigenvalue weighted by Crippen LogP contribution is -1.90. The Kier molecular flexibility index (Phi) is 2.65. The van der Waals surface area contributed by atoms with Gasteiger partial charge in [0.2, 0.25) is 0 Å². The van der Waals surface area contributed by atoms with Crippen molar-refractivity contribution in [2.75, 3.05) is 6.61 Å². The molecule has 0 fully saturated rings. The molecular formula is C10H12N2OS. The van der Waals surface area contributed by atoms with E-state index < -0.39 is 0 Å². The Labute approximate surface area is 86.6 Å². The molecule has 0 aliphatic rings. The average Bonchev–Trinajstić information content (AvgIpc) is 2.74. The van der Waals surface area contributed by atoms with E-state index in [-0.39, 0.29) is 6.61 Å². The molecule has 2 heterocycles. The van der Waals surface area contributed by atoms with Crippen molar-refractivity contribution in [2.24, 2.45) is 7.05 Å². The second-order valence-electron chi connectivity index (χ2n) is 3.16. The van der Waals surface area contributed by atoms with Gasteiger partial charge < -0.3 is 5.11 Å². The fraction of sp³-hybridized carbons (Fsp3) is 0.300. The number of thiophene rings is 1. The fourth-order valence-electron chi connectivity index (χ4n) is 1.48. The van der Waals surface area contributed by atoms with E-state index in [4.69, 9.17) is 5.11 Å². The average molecular weight is 208 g/mol. The Bertz CT molecular complexity index is 406. The van der Waals surface area contributed by atoms with Crippen molar-refractivity contribution < 1.29 is 5.11 Å². The second-order valence-corrected chi connectivity index (χ2v) is 3.94. The zero-order chi connectivity index (χ0) is 9.97. The maximum atomic E-state index is 8.92. The molecule has 1 N–H and O–H groups in total. The van der Waals surface area contributed by atoms with Gasteiger partial charge in [0.25, 0.3) is 0 Å². The molecular weight excluding hydrogens is 196 g/mol. The van der Waals surface area contributed by atoms with Crippen LogP contribution in [0.2, 0.25) is 0 Å². The third-order valence-corrected chi connectivity index (χ3v) is 2.76. The number of hydrogen-bond acceptors (Lipinski definition) is 3. The van der Waals surface area contributed by atoms with E-state index in [9.17, 15) is 0 Å². The Morgan fingerprint density at radius 2 is 2.43 bits per heavy atom. The maximum absolute atomic E-state index is 8.92. The summed E-state index contributed by atoms with van der Waals surface area (Å²) in [4.78, 5) is 0. The molecule has 0 radical (unpaired) electrons. The zero-order valence-electron chi connectivity index (χ0n) is 7.97. The Morgan fingerprint density at radius 3 is 3.07 bits per heavy atom. The van der Waals surface area contributed by atoms with Gasteiger partial charge in [0.15, 0.2) is 0 Å². The summed E-state index contributed by atoms with van der Waals surface area (Å²) in [6.07, 6.45) is 2.63. The lowest BCUT2D eigenvalue weighted by Gasteiger charge is -1.96. The zero-order valence-corrected chi connectivity index (χ0v) is 8.79. The Balaban J connectivity index is 2.41. The van der Waals surface area contributed by atoms with E-state index in [1.165, 1.54) is 0 Å². The molecule has 0 aliphatic heterocycles. The summed E-state index contributed by atoms with van der Waals surface area (Å²) in [5.74, 6) is 0. The van der Waals surface area contributed by atoms with Gasteiger partial charge in [-0.2, -0.15) is 16.4 Å². The predicted molar refractivity (Wildman–Crippen MR) is 57.3 cm³/mol. The number of nitrogens with zero attached hydrogens (tertiary/aromatic N) is 2. The summed E-state index contributed by atoms with van der Waals surface area (Å²) in [5, 5.41) is 17.4. The second kappa shape index (κ2) is 3.94. The van der Waals surface area contributed by atoms with E-state index in [1.807, 2.05) is 24.7 Å². The van der Waals surface area contributed by atoms with E-state index in [1.54, 1.807) is 16.0 Å². The smallest absolute Gasteiger partial charge is 0.0964 e. The summed E-state index contributed by atoms with van der Waals surface area (Å²) in [6, 6.07) is 2.05. The lowest BCUT2D eigenvalue weighted by atomic mass is 10.1. The first-order valence-electron chi connectivity index (χ1n) is 4.47. The van der Waals surface area contributed by atoms with Crippen LogP contribution in [0.3, 0.4) is 0 Å². The molecule has 0 bridgehead atoms. The monoisotopic (exact) mass is 208 g/mol. The molecule has 74 valence electrons. The SMILES string of the molecule is Cn1cc(CCO)c(-c2ccsc2)n1. The van der Waals surface area contributed by atoms with Crippen molar-refractivity contribution >= 4 is 11.3 Å². The summed E-state index contributed by atoms with van der Waals surface area (Å²) >= 11 is 1.66. The van der Waals surface area contributed by atoms with Gasteiger partial charge in [-0.3, -0.25) is 4.68 Å². The first kappa shape index (κ1) is 9.43. The van der Waals surface area contributed by atoms with Crippen LogP contribution in [0.5, 0.6) is 0 Å². The quantitative estimate of drug-likeness (QED) is 0.833. The number of aryl methyl sites for hydroxylation is 1. The van der Waals surface area contributed by atoms with Crippen molar-refractivity contribution in [3.63, 3.8) is 0 Å². The molecule has 0 spiro atoms. The first-order chi connectivity index (χ1) is 6.81. The highest BCUT2D eigenvalue weighted by molar-refractivity contribution is 7.08. The highest BCUT2D eigenvalue weighted by Gasteiger charge is 2.09. The molecule has 0 aromatic carbocycles.